The fourth-order valence-corrected chi connectivity index (χ4v) is 2.84. The quantitative estimate of drug-likeness (QED) is 0.565. The van der Waals surface area contributed by atoms with E-state index in [1.54, 1.807) is 56.1 Å². The summed E-state index contributed by atoms with van der Waals surface area (Å²) in [6.07, 6.45) is 7.30. The molecule has 0 saturated carbocycles. The average molecular weight is 392 g/mol. The fraction of sp³-hybridized carbons (Fsp3) is 0.227. The molecule has 0 radical (unpaired) electrons. The number of methoxy groups -OCH3 is 2. The van der Waals surface area contributed by atoms with E-state index >= 15 is 0 Å². The lowest BCUT2D eigenvalue weighted by molar-refractivity contribution is 0.0655. The van der Waals surface area contributed by atoms with Crippen LogP contribution in [-0.4, -0.2) is 41.6 Å². The summed E-state index contributed by atoms with van der Waals surface area (Å²) in [6.45, 7) is 0.977. The highest BCUT2D eigenvalue weighted by Gasteiger charge is 2.16. The lowest BCUT2D eigenvalue weighted by atomic mass is 10.1. The van der Waals surface area contributed by atoms with Crippen LogP contribution in [0.4, 0.5) is 0 Å². The first kappa shape index (κ1) is 20.3. The average Bonchev–Trinajstić information content (AvgIpc) is 2.79. The maximum absolute atomic E-state index is 13.0. The lowest BCUT2D eigenvalue weighted by Gasteiger charge is -2.24. The molecule has 0 aliphatic rings. The predicted octanol–water partition coefficient (Wildman–Crippen LogP) is 2.88. The molecule has 1 amide bonds. The molecule has 0 bridgehead atoms. The molecular weight excluding hydrogens is 368 g/mol. The van der Waals surface area contributed by atoms with E-state index in [2.05, 4.69) is 15.4 Å². The van der Waals surface area contributed by atoms with Gasteiger partial charge in [-0.25, -0.2) is 5.43 Å². The van der Waals surface area contributed by atoms with Gasteiger partial charge in [-0.15, -0.1) is 0 Å². The van der Waals surface area contributed by atoms with Crippen molar-refractivity contribution in [1.29, 1.82) is 0 Å². The van der Waals surface area contributed by atoms with Crippen molar-refractivity contribution in [2.75, 3.05) is 20.8 Å². The van der Waals surface area contributed by atoms with Crippen molar-refractivity contribution in [3.63, 3.8) is 0 Å². The van der Waals surface area contributed by atoms with Crippen LogP contribution < -0.4 is 14.9 Å². The van der Waals surface area contributed by atoms with Gasteiger partial charge < -0.3 is 9.47 Å². The highest BCUT2D eigenvalue weighted by Crippen LogP contribution is 2.23. The maximum atomic E-state index is 13.0. The lowest BCUT2D eigenvalue weighted by Crippen LogP contribution is -2.43. The molecule has 1 N–H and O–H groups in total. The number of benzene rings is 1. The molecule has 2 heterocycles. The molecule has 0 fully saturated rings. The van der Waals surface area contributed by atoms with Crippen molar-refractivity contribution >= 4 is 5.91 Å². The number of aromatic nitrogens is 2. The van der Waals surface area contributed by atoms with Crippen molar-refractivity contribution in [3.8, 4) is 11.5 Å². The molecule has 0 atom stereocenters. The van der Waals surface area contributed by atoms with Crippen LogP contribution in [0.1, 0.15) is 21.5 Å². The molecule has 3 aromatic rings. The van der Waals surface area contributed by atoms with Gasteiger partial charge >= 0.3 is 0 Å². The van der Waals surface area contributed by atoms with Crippen molar-refractivity contribution in [3.05, 3.63) is 83.9 Å². The third-order valence-electron chi connectivity index (χ3n) is 4.41. The molecule has 7 heteroatoms. The van der Waals surface area contributed by atoms with E-state index in [-0.39, 0.29) is 5.91 Å². The smallest absolute Gasteiger partial charge is 0.269 e. The van der Waals surface area contributed by atoms with Crippen molar-refractivity contribution in [2.24, 2.45) is 0 Å². The number of amides is 1. The number of ether oxygens (including phenoxy) is 2. The van der Waals surface area contributed by atoms with Gasteiger partial charge in [0, 0.05) is 43.9 Å². The third kappa shape index (κ3) is 5.76. The van der Waals surface area contributed by atoms with Crippen LogP contribution >= 0.6 is 0 Å². The highest BCUT2D eigenvalue weighted by atomic mass is 16.5. The first-order valence-corrected chi connectivity index (χ1v) is 9.26. The minimum Gasteiger partial charge on any atom is -0.497 e. The predicted molar refractivity (Wildman–Crippen MR) is 110 cm³/mol. The molecule has 0 spiro atoms. The second-order valence-corrected chi connectivity index (χ2v) is 6.36. The number of hydrogen-bond donors (Lipinski definition) is 1. The molecule has 29 heavy (non-hydrogen) atoms. The molecule has 150 valence electrons. The van der Waals surface area contributed by atoms with Gasteiger partial charge in [0.25, 0.3) is 5.91 Å². The largest absolute Gasteiger partial charge is 0.497 e. The Bertz CT molecular complexity index is 898. The Labute approximate surface area is 170 Å². The standard InChI is InChI=1S/C22H24N4O3/c1-28-20-12-18(13-21(14-20)29-2)7-11-26(22(27)19-4-3-8-24-16-19)25-15-17-5-9-23-10-6-17/h3-6,8-10,12-14,16,25H,7,11,15H2,1-2H3. The number of rotatable bonds is 9. The summed E-state index contributed by atoms with van der Waals surface area (Å²) in [7, 11) is 3.24. The van der Waals surface area contributed by atoms with Crippen LogP contribution in [0.25, 0.3) is 0 Å². The molecule has 1 aromatic carbocycles. The maximum Gasteiger partial charge on any atom is 0.269 e. The number of nitrogens with one attached hydrogen (secondary N) is 1. The summed E-state index contributed by atoms with van der Waals surface area (Å²) >= 11 is 0. The fourth-order valence-electron chi connectivity index (χ4n) is 2.84. The Balaban J connectivity index is 1.74. The summed E-state index contributed by atoms with van der Waals surface area (Å²) in [5.41, 5.74) is 5.80. The van der Waals surface area contributed by atoms with Crippen LogP contribution in [0.2, 0.25) is 0 Å². The molecule has 0 aliphatic heterocycles. The van der Waals surface area contributed by atoms with Gasteiger partial charge in [0.15, 0.2) is 0 Å². The number of nitrogens with zero attached hydrogens (tertiary/aromatic N) is 3. The molecular formula is C22H24N4O3. The van der Waals surface area contributed by atoms with Crippen LogP contribution in [0, 0.1) is 0 Å². The molecule has 7 nitrogen and oxygen atoms in total. The normalized spacial score (nSPS) is 10.4. The Morgan fingerprint density at radius 2 is 1.69 bits per heavy atom. The van der Waals surface area contributed by atoms with Crippen molar-refractivity contribution in [2.45, 2.75) is 13.0 Å². The number of hydrazine groups is 1. The summed E-state index contributed by atoms with van der Waals surface area (Å²) in [5, 5.41) is 1.61. The highest BCUT2D eigenvalue weighted by molar-refractivity contribution is 5.93. The summed E-state index contributed by atoms with van der Waals surface area (Å²) < 4.78 is 10.7. The Morgan fingerprint density at radius 1 is 0.966 bits per heavy atom. The summed E-state index contributed by atoms with van der Waals surface area (Å²) in [6, 6.07) is 13.0. The number of pyridine rings is 2. The van der Waals surface area contributed by atoms with Gasteiger partial charge in [0.05, 0.1) is 19.8 Å². The second kappa shape index (κ2) is 10.2. The van der Waals surface area contributed by atoms with E-state index in [4.69, 9.17) is 9.47 Å². The zero-order valence-electron chi connectivity index (χ0n) is 16.5. The summed E-state index contributed by atoms with van der Waals surface area (Å²) in [4.78, 5) is 21.1. The van der Waals surface area contributed by atoms with Gasteiger partial charge in [-0.1, -0.05) is 0 Å². The van der Waals surface area contributed by atoms with E-state index in [0.717, 1.165) is 11.1 Å². The van der Waals surface area contributed by atoms with Gasteiger partial charge in [-0.3, -0.25) is 19.8 Å². The van der Waals surface area contributed by atoms with Gasteiger partial charge in [0.2, 0.25) is 0 Å². The summed E-state index contributed by atoms with van der Waals surface area (Å²) in [5.74, 6) is 1.30. The molecule has 0 aliphatic carbocycles. The Morgan fingerprint density at radius 3 is 2.31 bits per heavy atom. The minimum absolute atomic E-state index is 0.137. The van der Waals surface area contributed by atoms with E-state index < -0.39 is 0 Å². The minimum atomic E-state index is -0.137. The number of carbonyl (C=O) groups is 1. The van der Waals surface area contributed by atoms with Crippen molar-refractivity contribution < 1.29 is 14.3 Å². The first-order chi connectivity index (χ1) is 14.2. The van der Waals surface area contributed by atoms with Crippen LogP contribution in [0.3, 0.4) is 0 Å². The van der Waals surface area contributed by atoms with E-state index in [1.807, 2.05) is 30.3 Å². The van der Waals surface area contributed by atoms with E-state index in [0.29, 0.717) is 36.6 Å². The number of hydrogen-bond acceptors (Lipinski definition) is 6. The first-order valence-electron chi connectivity index (χ1n) is 9.26. The SMILES string of the molecule is COc1cc(CCN(NCc2ccncc2)C(=O)c2cccnc2)cc(OC)c1. The Kier molecular flexibility index (Phi) is 7.13. The third-order valence-corrected chi connectivity index (χ3v) is 4.41. The van der Waals surface area contributed by atoms with Crippen molar-refractivity contribution in [1.82, 2.24) is 20.4 Å². The van der Waals surface area contributed by atoms with Gasteiger partial charge in [0.1, 0.15) is 11.5 Å². The molecule has 2 aromatic heterocycles. The topological polar surface area (TPSA) is 76.6 Å². The van der Waals surface area contributed by atoms with Crippen LogP contribution in [-0.2, 0) is 13.0 Å². The van der Waals surface area contributed by atoms with E-state index in [9.17, 15) is 4.79 Å². The van der Waals surface area contributed by atoms with Crippen LogP contribution in [0.15, 0.2) is 67.3 Å². The monoisotopic (exact) mass is 392 g/mol. The van der Waals surface area contributed by atoms with Gasteiger partial charge in [-0.05, 0) is 53.9 Å². The second-order valence-electron chi connectivity index (χ2n) is 6.36. The molecule has 0 saturated heterocycles. The van der Waals surface area contributed by atoms with E-state index in [1.165, 1.54) is 0 Å². The zero-order chi connectivity index (χ0) is 20.5. The number of carbonyl (C=O) groups excluding carboxylic acids is 1. The Hall–Kier alpha value is -3.45. The van der Waals surface area contributed by atoms with Gasteiger partial charge in [-0.2, -0.15) is 0 Å². The molecule has 3 rings (SSSR count). The van der Waals surface area contributed by atoms with Crippen LogP contribution in [0.5, 0.6) is 11.5 Å². The molecule has 0 unspecified atom stereocenters. The zero-order valence-corrected chi connectivity index (χ0v) is 16.5.